The molecule has 0 saturated carbocycles. The van der Waals surface area contributed by atoms with Gasteiger partial charge < -0.3 is 9.47 Å². The minimum atomic E-state index is -3.75. The average molecular weight is 442 g/mol. The van der Waals surface area contributed by atoms with Crippen molar-refractivity contribution in [2.45, 2.75) is 11.3 Å². The Hall–Kier alpha value is -1.90. The molecule has 0 aromatic heterocycles. The highest BCUT2D eigenvalue weighted by molar-refractivity contribution is 9.10. The maximum Gasteiger partial charge on any atom is 0.339 e. The zero-order chi connectivity index (χ0) is 19.3. The summed E-state index contributed by atoms with van der Waals surface area (Å²) in [5.41, 5.74) is 1.08. The van der Waals surface area contributed by atoms with Crippen LogP contribution >= 0.6 is 15.9 Å². The molecule has 26 heavy (non-hydrogen) atoms. The third-order valence-electron chi connectivity index (χ3n) is 3.94. The van der Waals surface area contributed by atoms with Crippen LogP contribution in [0.15, 0.2) is 51.8 Å². The van der Waals surface area contributed by atoms with Gasteiger partial charge in [-0.05, 0) is 52.2 Å². The Morgan fingerprint density at radius 1 is 1.15 bits per heavy atom. The summed E-state index contributed by atoms with van der Waals surface area (Å²) < 4.78 is 37.3. The molecular weight excluding hydrogens is 422 g/mol. The zero-order valence-corrected chi connectivity index (χ0v) is 17.1. The maximum absolute atomic E-state index is 12.8. The molecule has 0 N–H and O–H groups in total. The topological polar surface area (TPSA) is 72.9 Å². The molecule has 0 aliphatic rings. The molecule has 2 rings (SSSR count). The van der Waals surface area contributed by atoms with E-state index in [-0.39, 0.29) is 17.0 Å². The number of benzene rings is 2. The summed E-state index contributed by atoms with van der Waals surface area (Å²) >= 11 is 3.23. The minimum Gasteiger partial charge on any atom is -0.496 e. The van der Waals surface area contributed by atoms with Crippen LogP contribution in [0.1, 0.15) is 15.9 Å². The number of ether oxygens (including phenoxy) is 2. The zero-order valence-electron chi connectivity index (χ0n) is 14.7. The summed E-state index contributed by atoms with van der Waals surface area (Å²) in [5, 5.41) is 0. The van der Waals surface area contributed by atoms with E-state index in [2.05, 4.69) is 20.7 Å². The number of nitrogens with zero attached hydrogens (tertiary/aromatic N) is 1. The van der Waals surface area contributed by atoms with Crippen LogP contribution in [0.5, 0.6) is 5.75 Å². The van der Waals surface area contributed by atoms with E-state index < -0.39 is 16.0 Å². The van der Waals surface area contributed by atoms with Gasteiger partial charge in [-0.3, -0.25) is 0 Å². The van der Waals surface area contributed by atoms with Crippen LogP contribution in [0.2, 0.25) is 0 Å². The third kappa shape index (κ3) is 4.44. The van der Waals surface area contributed by atoms with Crippen LogP contribution in [0.4, 0.5) is 0 Å². The van der Waals surface area contributed by atoms with Crippen molar-refractivity contribution in [3.63, 3.8) is 0 Å². The number of para-hydroxylation sites is 1. The molecule has 0 radical (unpaired) electrons. The Labute approximate surface area is 161 Å². The van der Waals surface area contributed by atoms with Crippen molar-refractivity contribution in [2.75, 3.05) is 27.8 Å². The van der Waals surface area contributed by atoms with E-state index in [0.29, 0.717) is 10.9 Å². The molecule has 8 heteroatoms. The largest absolute Gasteiger partial charge is 0.496 e. The van der Waals surface area contributed by atoms with Gasteiger partial charge in [-0.25, -0.2) is 17.5 Å². The van der Waals surface area contributed by atoms with E-state index in [4.69, 9.17) is 4.74 Å². The van der Waals surface area contributed by atoms with E-state index in [0.717, 1.165) is 11.3 Å². The number of carbonyl (C=O) groups is 1. The van der Waals surface area contributed by atoms with Gasteiger partial charge in [0.15, 0.2) is 0 Å². The van der Waals surface area contributed by atoms with Gasteiger partial charge in [-0.1, -0.05) is 18.2 Å². The van der Waals surface area contributed by atoms with Gasteiger partial charge in [-0.2, -0.15) is 0 Å². The lowest BCUT2D eigenvalue weighted by Gasteiger charge is -2.18. The molecule has 0 fully saturated rings. The summed E-state index contributed by atoms with van der Waals surface area (Å²) in [6.07, 6.45) is 0.500. The number of methoxy groups -OCH3 is 2. The molecule has 0 aliphatic heterocycles. The van der Waals surface area contributed by atoms with Crippen LogP contribution in [0.3, 0.4) is 0 Å². The van der Waals surface area contributed by atoms with Gasteiger partial charge in [0.05, 0.1) is 24.7 Å². The fraction of sp³-hybridized carbons (Fsp3) is 0.278. The first-order chi connectivity index (χ1) is 12.3. The molecule has 0 spiro atoms. The molecule has 0 heterocycles. The molecule has 0 saturated heterocycles. The Kier molecular flexibility index (Phi) is 6.80. The van der Waals surface area contributed by atoms with Gasteiger partial charge in [0.1, 0.15) is 5.75 Å². The van der Waals surface area contributed by atoms with Crippen molar-refractivity contribution in [3.05, 3.63) is 58.1 Å². The lowest BCUT2D eigenvalue weighted by molar-refractivity contribution is 0.0599. The minimum absolute atomic E-state index is 0.0311. The van der Waals surface area contributed by atoms with E-state index >= 15 is 0 Å². The van der Waals surface area contributed by atoms with Crippen molar-refractivity contribution in [2.24, 2.45) is 0 Å². The van der Waals surface area contributed by atoms with Gasteiger partial charge in [0.2, 0.25) is 10.0 Å². The number of hydrogen-bond acceptors (Lipinski definition) is 5. The quantitative estimate of drug-likeness (QED) is 0.617. The van der Waals surface area contributed by atoms with Crippen molar-refractivity contribution < 1.29 is 22.7 Å². The van der Waals surface area contributed by atoms with Crippen molar-refractivity contribution in [1.29, 1.82) is 0 Å². The first-order valence-corrected chi connectivity index (χ1v) is 10.0. The second-order valence-corrected chi connectivity index (χ2v) is 8.42. The lowest BCUT2D eigenvalue weighted by Crippen LogP contribution is -2.29. The van der Waals surface area contributed by atoms with Crippen LogP contribution in [0, 0.1) is 0 Å². The van der Waals surface area contributed by atoms with Gasteiger partial charge in [-0.15, -0.1) is 0 Å². The number of rotatable bonds is 7. The van der Waals surface area contributed by atoms with Crippen LogP contribution < -0.4 is 4.74 Å². The number of likely N-dealkylation sites (N-methyl/N-ethyl adjacent to an activating group) is 1. The highest BCUT2D eigenvalue weighted by Gasteiger charge is 2.23. The monoisotopic (exact) mass is 441 g/mol. The standard InChI is InChI=1S/C18H20BrNO5S/c1-20(11-10-13-6-4-5-7-17(13)24-2)26(22,23)14-8-9-16(19)15(12-14)18(21)25-3/h4-9,12H,10-11H2,1-3H3. The average Bonchev–Trinajstić information content (AvgIpc) is 2.65. The molecule has 0 aliphatic carbocycles. The Bertz CT molecular complexity index is 898. The molecule has 0 unspecified atom stereocenters. The number of sulfonamides is 1. The van der Waals surface area contributed by atoms with Crippen LogP contribution in [-0.2, 0) is 21.2 Å². The first kappa shape index (κ1) is 20.4. The van der Waals surface area contributed by atoms with Gasteiger partial charge in [0.25, 0.3) is 0 Å². The van der Waals surface area contributed by atoms with Gasteiger partial charge in [0, 0.05) is 18.1 Å². The predicted octanol–water partition coefficient (Wildman–Crippen LogP) is 3.11. The number of esters is 1. The molecule has 0 amide bonds. The van der Waals surface area contributed by atoms with Crippen LogP contribution in [0.25, 0.3) is 0 Å². The SMILES string of the molecule is COC(=O)c1cc(S(=O)(=O)N(C)CCc2ccccc2OC)ccc1Br. The maximum atomic E-state index is 12.8. The normalized spacial score (nSPS) is 11.4. The van der Waals surface area contributed by atoms with Crippen molar-refractivity contribution >= 4 is 31.9 Å². The molecule has 140 valence electrons. The predicted molar refractivity (Wildman–Crippen MR) is 102 cm³/mol. The first-order valence-electron chi connectivity index (χ1n) is 7.77. The van der Waals surface area contributed by atoms with Crippen molar-refractivity contribution in [3.8, 4) is 5.75 Å². The summed E-state index contributed by atoms with van der Waals surface area (Å²) in [5.74, 6) is 0.112. The second kappa shape index (κ2) is 8.66. The molecule has 0 bridgehead atoms. The molecule has 2 aromatic rings. The highest BCUT2D eigenvalue weighted by Crippen LogP contribution is 2.24. The molecule has 0 atom stereocenters. The Morgan fingerprint density at radius 3 is 2.50 bits per heavy atom. The van der Waals surface area contributed by atoms with E-state index in [9.17, 15) is 13.2 Å². The molecule has 6 nitrogen and oxygen atoms in total. The summed E-state index contributed by atoms with van der Waals surface area (Å²) in [6, 6.07) is 11.8. The van der Waals surface area contributed by atoms with E-state index in [1.165, 1.54) is 36.7 Å². The Balaban J connectivity index is 2.22. The lowest BCUT2D eigenvalue weighted by atomic mass is 10.1. The van der Waals surface area contributed by atoms with E-state index in [1.807, 2.05) is 24.3 Å². The number of hydrogen-bond donors (Lipinski definition) is 0. The summed E-state index contributed by atoms with van der Waals surface area (Å²) in [4.78, 5) is 11.8. The fourth-order valence-electron chi connectivity index (χ4n) is 2.42. The summed E-state index contributed by atoms with van der Waals surface area (Å²) in [6.45, 7) is 0.270. The van der Waals surface area contributed by atoms with Gasteiger partial charge >= 0.3 is 5.97 Å². The molecule has 2 aromatic carbocycles. The number of carbonyl (C=O) groups excluding carboxylic acids is 1. The second-order valence-electron chi connectivity index (χ2n) is 5.52. The fourth-order valence-corrected chi connectivity index (χ4v) is 4.03. The molecular formula is C18H20BrNO5S. The van der Waals surface area contributed by atoms with E-state index in [1.54, 1.807) is 7.11 Å². The van der Waals surface area contributed by atoms with Crippen molar-refractivity contribution in [1.82, 2.24) is 4.31 Å². The summed E-state index contributed by atoms with van der Waals surface area (Å²) in [7, 11) is 0.583. The number of halogens is 1. The third-order valence-corrected chi connectivity index (χ3v) is 6.48. The Morgan fingerprint density at radius 2 is 1.85 bits per heavy atom. The highest BCUT2D eigenvalue weighted by atomic mass is 79.9. The smallest absolute Gasteiger partial charge is 0.339 e. The van der Waals surface area contributed by atoms with Crippen LogP contribution in [-0.4, -0.2) is 46.5 Å².